The van der Waals surface area contributed by atoms with Crippen molar-refractivity contribution in [1.29, 1.82) is 0 Å². The van der Waals surface area contributed by atoms with Crippen molar-refractivity contribution in [2.45, 2.75) is 6.42 Å². The second-order valence-corrected chi connectivity index (χ2v) is 9.65. The zero-order valence-electron chi connectivity index (χ0n) is 19.2. The van der Waals surface area contributed by atoms with Gasteiger partial charge in [0.2, 0.25) is 0 Å². The van der Waals surface area contributed by atoms with Crippen LogP contribution in [0.3, 0.4) is 0 Å². The Balaban J connectivity index is 1.61. The molecule has 2 aliphatic rings. The maximum absolute atomic E-state index is 13.8. The van der Waals surface area contributed by atoms with Gasteiger partial charge in [0.05, 0.1) is 10.0 Å². The number of rotatable bonds is 4. The Labute approximate surface area is 211 Å². The predicted octanol–water partition coefficient (Wildman–Crippen LogP) is 5.98. The highest BCUT2D eigenvalue weighted by molar-refractivity contribution is 6.42. The zero-order valence-corrected chi connectivity index (χ0v) is 20.7. The van der Waals surface area contributed by atoms with Crippen LogP contribution in [0.2, 0.25) is 10.0 Å². The highest BCUT2D eigenvalue weighted by Crippen LogP contribution is 2.39. The first-order chi connectivity index (χ1) is 16.5. The number of hydrogen-bond acceptors (Lipinski definition) is 3. The van der Waals surface area contributed by atoms with Gasteiger partial charge in [0, 0.05) is 55.2 Å². The summed E-state index contributed by atoms with van der Waals surface area (Å²) in [5, 5.41) is 0.937. The van der Waals surface area contributed by atoms with Crippen LogP contribution >= 0.6 is 23.2 Å². The maximum atomic E-state index is 13.8. The fraction of sp³-hybridized carbons (Fsp3) is 0.250. The molecule has 1 amide bonds. The van der Waals surface area contributed by atoms with Crippen LogP contribution in [0.5, 0.6) is 0 Å². The Morgan fingerprint density at radius 2 is 1.50 bits per heavy atom. The van der Waals surface area contributed by atoms with E-state index in [1.54, 1.807) is 17.0 Å². The third-order valence-electron chi connectivity index (χ3n) is 6.69. The first kappa shape index (κ1) is 23.0. The van der Waals surface area contributed by atoms with Gasteiger partial charge in [0.1, 0.15) is 0 Å². The van der Waals surface area contributed by atoms with Gasteiger partial charge in [-0.1, -0.05) is 71.7 Å². The van der Waals surface area contributed by atoms with E-state index >= 15 is 0 Å². The minimum atomic E-state index is 0.0189. The summed E-state index contributed by atoms with van der Waals surface area (Å²) in [5.41, 5.74) is 5.97. The second kappa shape index (κ2) is 9.83. The summed E-state index contributed by atoms with van der Waals surface area (Å²) in [5.74, 6) is 0.0189. The maximum Gasteiger partial charge on any atom is 0.254 e. The van der Waals surface area contributed by atoms with Gasteiger partial charge in [0.25, 0.3) is 5.91 Å². The molecule has 0 aromatic heterocycles. The first-order valence-electron chi connectivity index (χ1n) is 11.6. The average Bonchev–Trinajstić information content (AvgIpc) is 3.23. The van der Waals surface area contributed by atoms with Gasteiger partial charge in [-0.15, -0.1) is 0 Å². The molecular weight excluding hydrogens is 465 g/mol. The molecular formula is C28H27Cl2N3O. The molecule has 0 saturated carbocycles. The average molecular weight is 492 g/mol. The standard InChI is InChI=1S/C28H27Cl2N3O/c1-31-15-17-32(18-16-31)26-10-6-5-9-22(26)27(20-7-3-2-4-8-20)23-13-14-33(28(23)34)21-11-12-24(29)25(30)19-21/h2-12,19H,13-18H2,1H3. The molecule has 2 heterocycles. The van der Waals surface area contributed by atoms with Crippen LogP contribution in [0.25, 0.3) is 5.57 Å². The third-order valence-corrected chi connectivity index (χ3v) is 7.42. The molecule has 0 N–H and O–H groups in total. The molecule has 0 unspecified atom stereocenters. The Hall–Kier alpha value is -2.79. The number of para-hydroxylation sites is 1. The number of halogens is 2. The topological polar surface area (TPSA) is 26.8 Å². The molecule has 4 nitrogen and oxygen atoms in total. The van der Waals surface area contributed by atoms with Crippen molar-refractivity contribution >= 4 is 46.1 Å². The van der Waals surface area contributed by atoms with E-state index < -0.39 is 0 Å². The summed E-state index contributed by atoms with van der Waals surface area (Å²) in [6.45, 7) is 4.59. The van der Waals surface area contributed by atoms with Crippen molar-refractivity contribution in [3.05, 3.63) is 99.5 Å². The van der Waals surface area contributed by atoms with Crippen molar-refractivity contribution in [3.63, 3.8) is 0 Å². The Morgan fingerprint density at radius 1 is 0.794 bits per heavy atom. The number of likely N-dealkylation sites (N-methyl/N-ethyl adjacent to an activating group) is 1. The number of carbonyl (C=O) groups is 1. The van der Waals surface area contributed by atoms with E-state index in [0.29, 0.717) is 23.0 Å². The molecule has 3 aromatic carbocycles. The lowest BCUT2D eigenvalue weighted by atomic mass is 9.90. The van der Waals surface area contributed by atoms with Crippen LogP contribution in [-0.2, 0) is 4.79 Å². The minimum absolute atomic E-state index is 0.0189. The highest BCUT2D eigenvalue weighted by atomic mass is 35.5. The number of anilines is 2. The molecule has 2 saturated heterocycles. The van der Waals surface area contributed by atoms with Crippen LogP contribution in [0.15, 0.2) is 78.4 Å². The molecule has 0 bridgehead atoms. The van der Waals surface area contributed by atoms with Gasteiger partial charge in [-0.25, -0.2) is 0 Å². The number of carbonyl (C=O) groups excluding carboxylic acids is 1. The number of nitrogens with zero attached hydrogens (tertiary/aromatic N) is 3. The first-order valence-corrected chi connectivity index (χ1v) is 12.4. The summed E-state index contributed by atoms with van der Waals surface area (Å²) in [7, 11) is 2.16. The largest absolute Gasteiger partial charge is 0.368 e. The molecule has 0 spiro atoms. The van der Waals surface area contributed by atoms with Crippen molar-refractivity contribution in [2.24, 2.45) is 0 Å². The summed E-state index contributed by atoms with van der Waals surface area (Å²) < 4.78 is 0. The van der Waals surface area contributed by atoms with Crippen LogP contribution in [0, 0.1) is 0 Å². The van der Waals surface area contributed by atoms with Gasteiger partial charge in [-0.3, -0.25) is 4.79 Å². The molecule has 2 aliphatic heterocycles. The van der Waals surface area contributed by atoms with E-state index in [0.717, 1.165) is 54.1 Å². The lowest BCUT2D eigenvalue weighted by Gasteiger charge is -2.35. The van der Waals surface area contributed by atoms with Crippen molar-refractivity contribution in [3.8, 4) is 0 Å². The van der Waals surface area contributed by atoms with Crippen LogP contribution < -0.4 is 9.80 Å². The molecule has 174 valence electrons. The van der Waals surface area contributed by atoms with Crippen LogP contribution in [0.4, 0.5) is 11.4 Å². The molecule has 2 fully saturated rings. The second-order valence-electron chi connectivity index (χ2n) is 8.83. The SMILES string of the molecule is CN1CCN(c2ccccc2C(=C2CCN(c3ccc(Cl)c(Cl)c3)C2=O)c2ccccc2)CC1. The monoisotopic (exact) mass is 491 g/mol. The number of benzene rings is 3. The molecule has 5 rings (SSSR count). The van der Waals surface area contributed by atoms with Crippen LogP contribution in [-0.4, -0.2) is 50.6 Å². The summed E-state index contributed by atoms with van der Waals surface area (Å²) in [6.07, 6.45) is 0.667. The summed E-state index contributed by atoms with van der Waals surface area (Å²) in [6, 6.07) is 24.1. The Bertz CT molecular complexity index is 1230. The molecule has 34 heavy (non-hydrogen) atoms. The van der Waals surface area contributed by atoms with E-state index in [2.05, 4.69) is 53.2 Å². The van der Waals surface area contributed by atoms with Gasteiger partial charge < -0.3 is 14.7 Å². The fourth-order valence-corrected chi connectivity index (χ4v) is 5.12. The zero-order chi connectivity index (χ0) is 23.7. The quantitative estimate of drug-likeness (QED) is 0.419. The third kappa shape index (κ3) is 4.46. The molecule has 3 aromatic rings. The summed E-state index contributed by atoms with van der Waals surface area (Å²) >= 11 is 12.4. The van der Waals surface area contributed by atoms with Crippen molar-refractivity contribution in [2.75, 3.05) is 49.6 Å². The van der Waals surface area contributed by atoms with Gasteiger partial charge in [-0.05, 0) is 48.9 Å². The predicted molar refractivity (Wildman–Crippen MR) is 142 cm³/mol. The molecule has 0 aliphatic carbocycles. The van der Waals surface area contributed by atoms with E-state index in [-0.39, 0.29) is 5.91 Å². The van der Waals surface area contributed by atoms with Crippen molar-refractivity contribution < 1.29 is 4.79 Å². The minimum Gasteiger partial charge on any atom is -0.368 e. The number of hydrogen-bond donors (Lipinski definition) is 0. The normalized spacial score (nSPS) is 18.5. The van der Waals surface area contributed by atoms with E-state index in [1.165, 1.54) is 5.69 Å². The van der Waals surface area contributed by atoms with Gasteiger partial charge in [0.15, 0.2) is 0 Å². The Kier molecular flexibility index (Phi) is 6.64. The number of amides is 1. The number of piperazine rings is 1. The van der Waals surface area contributed by atoms with Gasteiger partial charge >= 0.3 is 0 Å². The lowest BCUT2D eigenvalue weighted by Crippen LogP contribution is -2.44. The fourth-order valence-electron chi connectivity index (χ4n) is 4.83. The van der Waals surface area contributed by atoms with E-state index in [1.807, 2.05) is 24.3 Å². The molecule has 6 heteroatoms. The lowest BCUT2D eigenvalue weighted by molar-refractivity contribution is -0.114. The molecule has 0 radical (unpaired) electrons. The van der Waals surface area contributed by atoms with Crippen LogP contribution in [0.1, 0.15) is 17.5 Å². The smallest absolute Gasteiger partial charge is 0.254 e. The van der Waals surface area contributed by atoms with Gasteiger partial charge in [-0.2, -0.15) is 0 Å². The van der Waals surface area contributed by atoms with E-state index in [9.17, 15) is 4.79 Å². The summed E-state index contributed by atoms with van der Waals surface area (Å²) in [4.78, 5) is 20.4. The Morgan fingerprint density at radius 3 is 2.24 bits per heavy atom. The van der Waals surface area contributed by atoms with Crippen molar-refractivity contribution in [1.82, 2.24) is 4.90 Å². The molecule has 0 atom stereocenters. The highest BCUT2D eigenvalue weighted by Gasteiger charge is 2.32. The van der Waals surface area contributed by atoms with E-state index in [4.69, 9.17) is 23.2 Å².